The maximum atomic E-state index is 12.7. The lowest BCUT2D eigenvalue weighted by atomic mass is 9.96. The Hall–Kier alpha value is -2.73. The summed E-state index contributed by atoms with van der Waals surface area (Å²) in [6.45, 7) is 7.34. The first-order valence-corrected chi connectivity index (χ1v) is 9.16. The van der Waals surface area contributed by atoms with E-state index in [1.165, 1.54) is 0 Å². The molecule has 0 heterocycles. The van der Waals surface area contributed by atoms with Gasteiger partial charge in [-0.2, -0.15) is 0 Å². The van der Waals surface area contributed by atoms with Crippen molar-refractivity contribution in [1.29, 1.82) is 0 Å². The van der Waals surface area contributed by atoms with Gasteiger partial charge in [0.1, 0.15) is 0 Å². The highest BCUT2D eigenvalue weighted by Crippen LogP contribution is 2.18. The number of para-hydroxylation sites is 1. The molecule has 0 radical (unpaired) electrons. The molecule has 0 aliphatic heterocycles. The molecule has 2 amide bonds. The van der Waals surface area contributed by atoms with Crippen LogP contribution >= 0.6 is 12.2 Å². The van der Waals surface area contributed by atoms with E-state index in [9.17, 15) is 9.59 Å². The molecule has 2 aromatic carbocycles. The van der Waals surface area contributed by atoms with Crippen LogP contribution in [0.4, 0.5) is 5.69 Å². The molecule has 0 aliphatic carbocycles. The quantitative estimate of drug-likeness (QED) is 0.697. The predicted octanol–water partition coefficient (Wildman–Crippen LogP) is 4.04. The lowest BCUT2D eigenvalue weighted by Gasteiger charge is -2.20. The highest BCUT2D eigenvalue weighted by atomic mass is 32.1. The standard InChI is InChI=1S/C21H25N3O2S/c1-14(15-10-6-5-7-11-15)22-18(25)16-12-8-9-13-17(16)23-20(27)24-19(26)21(2,3)4/h5-14H,1-4H3,(H,22,25)(H2,23,24,26,27). The third-order valence-corrected chi connectivity index (χ3v) is 4.18. The molecule has 0 aromatic heterocycles. The fraction of sp³-hybridized carbons (Fsp3) is 0.286. The maximum Gasteiger partial charge on any atom is 0.253 e. The van der Waals surface area contributed by atoms with Gasteiger partial charge in [0.2, 0.25) is 5.91 Å². The Labute approximate surface area is 165 Å². The minimum absolute atomic E-state index is 0.140. The van der Waals surface area contributed by atoms with Crippen LogP contribution in [0.3, 0.4) is 0 Å². The van der Waals surface area contributed by atoms with Gasteiger partial charge < -0.3 is 16.0 Å². The molecular formula is C21H25N3O2S. The summed E-state index contributed by atoms with van der Waals surface area (Å²) in [6, 6.07) is 16.6. The molecule has 142 valence electrons. The van der Waals surface area contributed by atoms with Gasteiger partial charge in [0.25, 0.3) is 5.91 Å². The first-order chi connectivity index (χ1) is 12.7. The highest BCUT2D eigenvalue weighted by Gasteiger charge is 2.22. The van der Waals surface area contributed by atoms with E-state index in [0.29, 0.717) is 11.3 Å². The molecular weight excluding hydrogens is 358 g/mol. The van der Waals surface area contributed by atoms with Crippen LogP contribution in [0.5, 0.6) is 0 Å². The third-order valence-electron chi connectivity index (χ3n) is 3.98. The van der Waals surface area contributed by atoms with Gasteiger partial charge >= 0.3 is 0 Å². The summed E-state index contributed by atoms with van der Waals surface area (Å²) in [5.41, 5.74) is 1.44. The van der Waals surface area contributed by atoms with Gasteiger partial charge in [-0.1, -0.05) is 63.2 Å². The summed E-state index contributed by atoms with van der Waals surface area (Å²) >= 11 is 5.22. The van der Waals surface area contributed by atoms with E-state index in [0.717, 1.165) is 5.56 Å². The van der Waals surface area contributed by atoms with E-state index >= 15 is 0 Å². The molecule has 0 spiro atoms. The van der Waals surface area contributed by atoms with Gasteiger partial charge in [-0.05, 0) is 36.8 Å². The Morgan fingerprint density at radius 3 is 2.19 bits per heavy atom. The summed E-state index contributed by atoms with van der Waals surface area (Å²) in [6.07, 6.45) is 0. The molecule has 1 atom stereocenters. The Balaban J connectivity index is 2.09. The summed E-state index contributed by atoms with van der Waals surface area (Å²) in [5.74, 6) is -0.418. The van der Waals surface area contributed by atoms with Gasteiger partial charge in [-0.3, -0.25) is 9.59 Å². The van der Waals surface area contributed by atoms with E-state index in [4.69, 9.17) is 12.2 Å². The van der Waals surface area contributed by atoms with Crippen molar-refractivity contribution in [3.8, 4) is 0 Å². The summed E-state index contributed by atoms with van der Waals surface area (Å²) in [4.78, 5) is 24.8. The first kappa shape index (κ1) is 20.6. The van der Waals surface area contributed by atoms with Crippen LogP contribution in [0, 0.1) is 5.41 Å². The van der Waals surface area contributed by atoms with Crippen molar-refractivity contribution < 1.29 is 9.59 Å². The Morgan fingerprint density at radius 2 is 1.56 bits per heavy atom. The summed E-state index contributed by atoms with van der Waals surface area (Å²) in [7, 11) is 0. The van der Waals surface area contributed by atoms with Crippen molar-refractivity contribution >= 4 is 34.8 Å². The largest absolute Gasteiger partial charge is 0.345 e. The molecule has 2 aromatic rings. The molecule has 6 heteroatoms. The number of carbonyl (C=O) groups excluding carboxylic acids is 2. The number of amides is 2. The van der Waals surface area contributed by atoms with Crippen LogP contribution < -0.4 is 16.0 Å². The van der Waals surface area contributed by atoms with Gasteiger partial charge in [0.15, 0.2) is 5.11 Å². The predicted molar refractivity (Wildman–Crippen MR) is 113 cm³/mol. The van der Waals surface area contributed by atoms with Gasteiger partial charge in [-0.25, -0.2) is 0 Å². The highest BCUT2D eigenvalue weighted by molar-refractivity contribution is 7.80. The second-order valence-corrected chi connectivity index (χ2v) is 7.72. The molecule has 1 unspecified atom stereocenters. The first-order valence-electron chi connectivity index (χ1n) is 8.76. The summed E-state index contributed by atoms with van der Waals surface area (Å²) in [5, 5.41) is 8.74. The molecule has 3 N–H and O–H groups in total. The van der Waals surface area contributed by atoms with E-state index in [1.54, 1.807) is 45.0 Å². The van der Waals surface area contributed by atoms with Crippen molar-refractivity contribution in [2.75, 3.05) is 5.32 Å². The Morgan fingerprint density at radius 1 is 0.963 bits per heavy atom. The van der Waals surface area contributed by atoms with Crippen molar-refractivity contribution in [1.82, 2.24) is 10.6 Å². The topological polar surface area (TPSA) is 70.2 Å². The average molecular weight is 384 g/mol. The second kappa shape index (κ2) is 8.77. The van der Waals surface area contributed by atoms with E-state index in [1.807, 2.05) is 37.3 Å². The van der Waals surface area contributed by atoms with Gasteiger partial charge in [0.05, 0.1) is 17.3 Å². The van der Waals surface area contributed by atoms with E-state index in [-0.39, 0.29) is 23.0 Å². The molecule has 5 nitrogen and oxygen atoms in total. The molecule has 2 rings (SSSR count). The molecule has 0 fully saturated rings. The monoisotopic (exact) mass is 383 g/mol. The number of benzene rings is 2. The van der Waals surface area contributed by atoms with E-state index in [2.05, 4.69) is 16.0 Å². The zero-order valence-electron chi connectivity index (χ0n) is 16.0. The lowest BCUT2D eigenvalue weighted by molar-refractivity contribution is -0.126. The zero-order valence-corrected chi connectivity index (χ0v) is 16.8. The Kier molecular flexibility index (Phi) is 6.69. The fourth-order valence-electron chi connectivity index (χ4n) is 2.33. The maximum absolute atomic E-state index is 12.7. The number of hydrogen-bond donors (Lipinski definition) is 3. The summed E-state index contributed by atoms with van der Waals surface area (Å²) < 4.78 is 0. The smallest absolute Gasteiger partial charge is 0.253 e. The van der Waals surface area contributed by atoms with Crippen LogP contribution in [-0.2, 0) is 4.79 Å². The SMILES string of the molecule is CC(NC(=O)c1ccccc1NC(=S)NC(=O)C(C)(C)C)c1ccccc1. The number of nitrogens with one attached hydrogen (secondary N) is 3. The second-order valence-electron chi connectivity index (χ2n) is 7.31. The normalized spacial score (nSPS) is 12.0. The van der Waals surface area contributed by atoms with Crippen LogP contribution in [-0.4, -0.2) is 16.9 Å². The van der Waals surface area contributed by atoms with Gasteiger partial charge in [0, 0.05) is 5.41 Å². The number of hydrogen-bond acceptors (Lipinski definition) is 3. The van der Waals surface area contributed by atoms with E-state index < -0.39 is 5.41 Å². The van der Waals surface area contributed by atoms with Crippen LogP contribution in [0.15, 0.2) is 54.6 Å². The molecule has 0 saturated heterocycles. The fourth-order valence-corrected chi connectivity index (χ4v) is 2.54. The van der Waals surface area contributed by atoms with Crippen LogP contribution in [0.1, 0.15) is 49.7 Å². The number of anilines is 1. The minimum atomic E-state index is -0.562. The molecule has 27 heavy (non-hydrogen) atoms. The van der Waals surface area contributed by atoms with Crippen LogP contribution in [0.25, 0.3) is 0 Å². The lowest BCUT2D eigenvalue weighted by Crippen LogP contribution is -2.41. The Bertz CT molecular complexity index is 829. The van der Waals surface area contributed by atoms with Gasteiger partial charge in [-0.15, -0.1) is 0 Å². The number of thiocarbonyl (C=S) groups is 1. The van der Waals surface area contributed by atoms with Crippen molar-refractivity contribution in [2.24, 2.45) is 5.41 Å². The average Bonchev–Trinajstić information content (AvgIpc) is 2.61. The minimum Gasteiger partial charge on any atom is -0.345 e. The van der Waals surface area contributed by atoms with Crippen molar-refractivity contribution in [3.05, 3.63) is 65.7 Å². The zero-order chi connectivity index (χ0) is 20.0. The molecule has 0 aliphatic rings. The molecule has 0 bridgehead atoms. The molecule has 0 saturated carbocycles. The number of rotatable bonds is 4. The van der Waals surface area contributed by atoms with Crippen LogP contribution in [0.2, 0.25) is 0 Å². The van der Waals surface area contributed by atoms with Crippen molar-refractivity contribution in [3.63, 3.8) is 0 Å². The van der Waals surface area contributed by atoms with Crippen molar-refractivity contribution in [2.45, 2.75) is 33.7 Å². The third kappa shape index (κ3) is 5.89. The number of carbonyl (C=O) groups is 2.